The molecule has 0 aliphatic heterocycles. The molecule has 0 fully saturated rings. The van der Waals surface area contributed by atoms with Gasteiger partial charge in [-0.15, -0.1) is 0 Å². The summed E-state index contributed by atoms with van der Waals surface area (Å²) in [5.41, 5.74) is 1.91. The zero-order valence-corrected chi connectivity index (χ0v) is 13.8. The van der Waals surface area contributed by atoms with Crippen LogP contribution in [0.5, 0.6) is 0 Å². The Morgan fingerprint density at radius 3 is 2.58 bits per heavy atom. The van der Waals surface area contributed by atoms with Gasteiger partial charge in [0.15, 0.2) is 0 Å². The zero-order chi connectivity index (χ0) is 17.4. The SMILES string of the molecule is COCCn1nc(C(=O)NCc2ccccc2COC)ccc1=O. The third-order valence-electron chi connectivity index (χ3n) is 3.46. The van der Waals surface area contributed by atoms with Gasteiger partial charge in [0.05, 0.1) is 19.8 Å². The number of hydrogen-bond donors (Lipinski definition) is 1. The van der Waals surface area contributed by atoms with Crippen LogP contribution in [0.15, 0.2) is 41.2 Å². The van der Waals surface area contributed by atoms with Gasteiger partial charge in [-0.25, -0.2) is 4.68 Å². The van der Waals surface area contributed by atoms with Crippen LogP contribution < -0.4 is 10.9 Å². The summed E-state index contributed by atoms with van der Waals surface area (Å²) < 4.78 is 11.3. The highest BCUT2D eigenvalue weighted by molar-refractivity contribution is 5.91. The smallest absolute Gasteiger partial charge is 0.271 e. The van der Waals surface area contributed by atoms with Crippen molar-refractivity contribution >= 4 is 5.91 Å². The lowest BCUT2D eigenvalue weighted by molar-refractivity contribution is 0.0941. The molecule has 0 spiro atoms. The quantitative estimate of drug-likeness (QED) is 0.779. The molecule has 1 heterocycles. The summed E-state index contributed by atoms with van der Waals surface area (Å²) in [5.74, 6) is -0.339. The van der Waals surface area contributed by atoms with Gasteiger partial charge in [0.2, 0.25) is 0 Å². The third kappa shape index (κ3) is 4.74. The lowest BCUT2D eigenvalue weighted by atomic mass is 10.1. The Bertz CT molecular complexity index is 743. The van der Waals surface area contributed by atoms with Gasteiger partial charge in [0.1, 0.15) is 5.69 Å². The number of aromatic nitrogens is 2. The fraction of sp³-hybridized carbons (Fsp3) is 0.353. The van der Waals surface area contributed by atoms with Crippen LogP contribution in [0.1, 0.15) is 21.6 Å². The Labute approximate surface area is 140 Å². The van der Waals surface area contributed by atoms with Crippen molar-refractivity contribution in [3.63, 3.8) is 0 Å². The molecule has 0 unspecified atom stereocenters. The largest absolute Gasteiger partial charge is 0.383 e. The summed E-state index contributed by atoms with van der Waals surface area (Å²) in [4.78, 5) is 24.0. The first-order valence-corrected chi connectivity index (χ1v) is 7.56. The average molecular weight is 331 g/mol. The van der Waals surface area contributed by atoms with Crippen LogP contribution >= 0.6 is 0 Å². The number of hydrogen-bond acceptors (Lipinski definition) is 5. The van der Waals surface area contributed by atoms with E-state index in [0.717, 1.165) is 11.1 Å². The topological polar surface area (TPSA) is 82.5 Å². The van der Waals surface area contributed by atoms with E-state index in [1.807, 2.05) is 24.3 Å². The highest BCUT2D eigenvalue weighted by Gasteiger charge is 2.10. The van der Waals surface area contributed by atoms with Crippen LogP contribution in [-0.2, 0) is 29.2 Å². The van der Waals surface area contributed by atoms with Crippen molar-refractivity contribution in [2.45, 2.75) is 19.7 Å². The number of nitrogens with zero attached hydrogens (tertiary/aromatic N) is 2. The highest BCUT2D eigenvalue weighted by atomic mass is 16.5. The molecule has 2 rings (SSSR count). The van der Waals surface area contributed by atoms with Gasteiger partial charge in [-0.1, -0.05) is 24.3 Å². The molecule has 2 aromatic rings. The zero-order valence-electron chi connectivity index (χ0n) is 13.8. The summed E-state index contributed by atoms with van der Waals surface area (Å²) >= 11 is 0. The van der Waals surface area contributed by atoms with Crippen LogP contribution in [0, 0.1) is 0 Å². The molecule has 0 aliphatic carbocycles. The summed E-state index contributed by atoms with van der Waals surface area (Å²) in [7, 11) is 3.17. The minimum atomic E-state index is -0.339. The first kappa shape index (κ1) is 17.8. The summed E-state index contributed by atoms with van der Waals surface area (Å²) in [5, 5.41) is 6.88. The molecule has 0 atom stereocenters. The molecule has 0 radical (unpaired) electrons. The van der Waals surface area contributed by atoms with E-state index in [1.54, 1.807) is 14.2 Å². The Kier molecular flexibility index (Phi) is 6.65. The molecule has 1 aromatic carbocycles. The molecule has 0 aliphatic rings. The fourth-order valence-electron chi connectivity index (χ4n) is 2.20. The van der Waals surface area contributed by atoms with Crippen molar-refractivity contribution in [2.75, 3.05) is 20.8 Å². The van der Waals surface area contributed by atoms with Crippen LogP contribution in [0.4, 0.5) is 0 Å². The van der Waals surface area contributed by atoms with E-state index in [-0.39, 0.29) is 17.2 Å². The van der Waals surface area contributed by atoms with Crippen LogP contribution in [0.25, 0.3) is 0 Å². The molecule has 128 valence electrons. The molecule has 1 amide bonds. The highest BCUT2D eigenvalue weighted by Crippen LogP contribution is 2.09. The summed E-state index contributed by atoms with van der Waals surface area (Å²) in [6.45, 7) is 1.49. The standard InChI is InChI=1S/C17H21N3O4/c1-23-10-9-20-16(21)8-7-15(19-20)17(22)18-11-13-5-3-4-6-14(13)12-24-2/h3-8H,9-12H2,1-2H3,(H,18,22). The molecule has 0 saturated heterocycles. The molecule has 7 heteroatoms. The first-order valence-electron chi connectivity index (χ1n) is 7.56. The number of methoxy groups -OCH3 is 2. The van der Waals surface area contributed by atoms with Crippen LogP contribution in [-0.4, -0.2) is 36.5 Å². The van der Waals surface area contributed by atoms with Crippen molar-refractivity contribution in [3.05, 3.63) is 63.6 Å². The van der Waals surface area contributed by atoms with Gasteiger partial charge in [-0.3, -0.25) is 9.59 Å². The van der Waals surface area contributed by atoms with E-state index >= 15 is 0 Å². The van der Waals surface area contributed by atoms with Crippen molar-refractivity contribution in [1.29, 1.82) is 0 Å². The van der Waals surface area contributed by atoms with Crippen molar-refractivity contribution in [1.82, 2.24) is 15.1 Å². The Morgan fingerprint density at radius 2 is 1.88 bits per heavy atom. The van der Waals surface area contributed by atoms with Crippen molar-refractivity contribution in [2.24, 2.45) is 0 Å². The van der Waals surface area contributed by atoms with Gasteiger partial charge in [0.25, 0.3) is 11.5 Å². The van der Waals surface area contributed by atoms with Crippen LogP contribution in [0.3, 0.4) is 0 Å². The van der Waals surface area contributed by atoms with Crippen molar-refractivity contribution in [3.8, 4) is 0 Å². The van der Waals surface area contributed by atoms with Gasteiger partial charge < -0.3 is 14.8 Å². The number of carbonyl (C=O) groups excluding carboxylic acids is 1. The van der Waals surface area contributed by atoms with E-state index in [2.05, 4.69) is 10.4 Å². The lowest BCUT2D eigenvalue weighted by Crippen LogP contribution is -2.30. The number of nitrogens with one attached hydrogen (secondary N) is 1. The van der Waals surface area contributed by atoms with Gasteiger partial charge in [-0.2, -0.15) is 5.10 Å². The molecular weight excluding hydrogens is 310 g/mol. The fourth-order valence-corrected chi connectivity index (χ4v) is 2.20. The number of ether oxygens (including phenoxy) is 2. The number of carbonyl (C=O) groups is 1. The second-order valence-corrected chi connectivity index (χ2v) is 5.16. The predicted octanol–water partition coefficient (Wildman–Crippen LogP) is 0.966. The maximum atomic E-state index is 12.3. The van der Waals surface area contributed by atoms with E-state index in [9.17, 15) is 9.59 Å². The monoisotopic (exact) mass is 331 g/mol. The molecule has 0 saturated carbocycles. The molecule has 0 bridgehead atoms. The normalized spacial score (nSPS) is 10.6. The minimum Gasteiger partial charge on any atom is -0.383 e. The van der Waals surface area contributed by atoms with E-state index < -0.39 is 0 Å². The summed E-state index contributed by atoms with van der Waals surface area (Å²) in [6.07, 6.45) is 0. The predicted molar refractivity (Wildman–Crippen MR) is 88.7 cm³/mol. The maximum absolute atomic E-state index is 12.3. The minimum absolute atomic E-state index is 0.190. The number of benzene rings is 1. The van der Waals surface area contributed by atoms with E-state index in [0.29, 0.717) is 26.3 Å². The van der Waals surface area contributed by atoms with Gasteiger partial charge in [0, 0.05) is 26.8 Å². The van der Waals surface area contributed by atoms with E-state index in [1.165, 1.54) is 16.8 Å². The van der Waals surface area contributed by atoms with Gasteiger partial charge >= 0.3 is 0 Å². The third-order valence-corrected chi connectivity index (χ3v) is 3.46. The second-order valence-electron chi connectivity index (χ2n) is 5.16. The average Bonchev–Trinajstić information content (AvgIpc) is 2.60. The Hall–Kier alpha value is -2.51. The lowest BCUT2D eigenvalue weighted by Gasteiger charge is -2.10. The number of rotatable bonds is 8. The molecule has 1 aromatic heterocycles. The van der Waals surface area contributed by atoms with Gasteiger partial charge in [-0.05, 0) is 17.2 Å². The Morgan fingerprint density at radius 1 is 1.12 bits per heavy atom. The number of amides is 1. The first-order chi connectivity index (χ1) is 11.7. The summed E-state index contributed by atoms with van der Waals surface area (Å²) in [6, 6.07) is 10.5. The maximum Gasteiger partial charge on any atom is 0.271 e. The Balaban J connectivity index is 2.06. The molecular formula is C17H21N3O4. The van der Waals surface area contributed by atoms with Crippen LogP contribution in [0.2, 0.25) is 0 Å². The molecule has 7 nitrogen and oxygen atoms in total. The van der Waals surface area contributed by atoms with Crippen molar-refractivity contribution < 1.29 is 14.3 Å². The molecule has 24 heavy (non-hydrogen) atoms. The molecule has 1 N–H and O–H groups in total. The second kappa shape index (κ2) is 8.95. The van der Waals surface area contributed by atoms with E-state index in [4.69, 9.17) is 9.47 Å².